The maximum atomic E-state index is 11.5. The zero-order valence-corrected chi connectivity index (χ0v) is 15.1. The molecule has 25 heavy (non-hydrogen) atoms. The van der Waals surface area contributed by atoms with Gasteiger partial charge in [0.2, 0.25) is 11.9 Å². The zero-order chi connectivity index (χ0) is 17.8. The fourth-order valence-corrected chi connectivity index (χ4v) is 3.09. The predicted octanol–water partition coefficient (Wildman–Crippen LogP) is 2.76. The van der Waals surface area contributed by atoms with Crippen molar-refractivity contribution in [2.45, 2.75) is 27.2 Å². The van der Waals surface area contributed by atoms with Crippen molar-refractivity contribution in [1.29, 1.82) is 0 Å². The van der Waals surface area contributed by atoms with E-state index in [2.05, 4.69) is 34.3 Å². The maximum absolute atomic E-state index is 11.5. The van der Waals surface area contributed by atoms with Crippen molar-refractivity contribution in [1.82, 2.24) is 14.9 Å². The van der Waals surface area contributed by atoms with E-state index < -0.39 is 0 Å². The molecule has 1 amide bonds. The molecule has 1 aliphatic rings. The van der Waals surface area contributed by atoms with E-state index in [1.807, 2.05) is 30.0 Å². The Bertz CT molecular complexity index is 753. The molecule has 0 spiro atoms. The van der Waals surface area contributed by atoms with Crippen LogP contribution in [0.3, 0.4) is 0 Å². The zero-order valence-electron chi connectivity index (χ0n) is 15.1. The van der Waals surface area contributed by atoms with Crippen molar-refractivity contribution in [3.63, 3.8) is 0 Å². The average Bonchev–Trinajstić information content (AvgIpc) is 2.62. The number of amides is 1. The molecule has 0 saturated carbocycles. The van der Waals surface area contributed by atoms with Gasteiger partial charge in [0.25, 0.3) is 0 Å². The van der Waals surface area contributed by atoms with Crippen molar-refractivity contribution in [3.05, 3.63) is 41.6 Å². The number of aryl methyl sites for hydroxylation is 2. The Morgan fingerprint density at radius 1 is 1.16 bits per heavy atom. The van der Waals surface area contributed by atoms with Gasteiger partial charge in [0.05, 0.1) is 0 Å². The topological polar surface area (TPSA) is 61.4 Å². The summed E-state index contributed by atoms with van der Waals surface area (Å²) in [5, 5.41) is 3.36. The van der Waals surface area contributed by atoms with E-state index in [9.17, 15) is 4.79 Å². The summed E-state index contributed by atoms with van der Waals surface area (Å²) in [6.45, 7) is 8.80. The molecule has 0 aliphatic carbocycles. The Morgan fingerprint density at radius 3 is 2.56 bits per heavy atom. The lowest BCUT2D eigenvalue weighted by molar-refractivity contribution is -0.129. The van der Waals surface area contributed by atoms with E-state index in [0.29, 0.717) is 5.95 Å². The minimum Gasteiger partial charge on any atom is -0.353 e. The molecule has 1 fully saturated rings. The van der Waals surface area contributed by atoms with Crippen LogP contribution in [0.25, 0.3) is 0 Å². The highest BCUT2D eigenvalue weighted by Gasteiger charge is 2.20. The second-order valence-electron chi connectivity index (χ2n) is 6.32. The van der Waals surface area contributed by atoms with Crippen LogP contribution < -0.4 is 10.2 Å². The maximum Gasteiger partial charge on any atom is 0.229 e. The molecule has 132 valence electrons. The van der Waals surface area contributed by atoms with Crippen LogP contribution >= 0.6 is 0 Å². The molecule has 1 aliphatic heterocycles. The standard InChI is InChI=1S/C19H25N5O/c1-4-16-7-5-6-8-17(16)21-19-20-14(2)13-18(22-19)24-11-9-23(10-12-24)15(3)25/h5-8,13H,4,9-12H2,1-3H3,(H,20,21,22). The van der Waals surface area contributed by atoms with Gasteiger partial charge in [-0.1, -0.05) is 25.1 Å². The van der Waals surface area contributed by atoms with Gasteiger partial charge < -0.3 is 15.1 Å². The van der Waals surface area contributed by atoms with Gasteiger partial charge in [-0.3, -0.25) is 4.79 Å². The summed E-state index contributed by atoms with van der Waals surface area (Å²) in [4.78, 5) is 24.8. The smallest absolute Gasteiger partial charge is 0.229 e. The van der Waals surface area contributed by atoms with Gasteiger partial charge in [-0.2, -0.15) is 4.98 Å². The lowest BCUT2D eigenvalue weighted by Crippen LogP contribution is -2.48. The first kappa shape index (κ1) is 17.2. The average molecular weight is 339 g/mol. The minimum absolute atomic E-state index is 0.136. The predicted molar refractivity (Wildman–Crippen MR) is 100 cm³/mol. The highest BCUT2D eigenvalue weighted by atomic mass is 16.2. The van der Waals surface area contributed by atoms with E-state index in [1.54, 1.807) is 6.92 Å². The first-order valence-electron chi connectivity index (χ1n) is 8.78. The van der Waals surface area contributed by atoms with E-state index >= 15 is 0 Å². The number of anilines is 3. The fourth-order valence-electron chi connectivity index (χ4n) is 3.09. The van der Waals surface area contributed by atoms with Gasteiger partial charge >= 0.3 is 0 Å². The van der Waals surface area contributed by atoms with Crippen LogP contribution in [0.1, 0.15) is 25.1 Å². The lowest BCUT2D eigenvalue weighted by Gasteiger charge is -2.35. The molecule has 6 nitrogen and oxygen atoms in total. The number of piperazine rings is 1. The number of benzene rings is 1. The minimum atomic E-state index is 0.136. The summed E-state index contributed by atoms with van der Waals surface area (Å²) in [6.07, 6.45) is 0.953. The fraction of sp³-hybridized carbons (Fsp3) is 0.421. The van der Waals surface area contributed by atoms with Gasteiger partial charge in [0.15, 0.2) is 0 Å². The number of nitrogens with one attached hydrogen (secondary N) is 1. The molecule has 1 N–H and O–H groups in total. The Morgan fingerprint density at radius 2 is 1.88 bits per heavy atom. The summed E-state index contributed by atoms with van der Waals surface area (Å²) >= 11 is 0. The largest absolute Gasteiger partial charge is 0.353 e. The number of nitrogens with zero attached hydrogens (tertiary/aromatic N) is 4. The molecule has 1 aromatic heterocycles. The van der Waals surface area contributed by atoms with Crippen LogP contribution in [0.2, 0.25) is 0 Å². The van der Waals surface area contributed by atoms with Crippen LogP contribution in [-0.4, -0.2) is 47.0 Å². The van der Waals surface area contributed by atoms with Gasteiger partial charge in [-0.05, 0) is 25.0 Å². The van der Waals surface area contributed by atoms with E-state index in [-0.39, 0.29) is 5.91 Å². The Hall–Kier alpha value is -2.63. The number of hydrogen-bond donors (Lipinski definition) is 1. The number of para-hydroxylation sites is 1. The monoisotopic (exact) mass is 339 g/mol. The summed E-state index contributed by atoms with van der Waals surface area (Å²) in [7, 11) is 0. The second kappa shape index (κ2) is 7.51. The van der Waals surface area contributed by atoms with Crippen LogP contribution in [0.15, 0.2) is 30.3 Å². The van der Waals surface area contributed by atoms with Crippen LogP contribution in [-0.2, 0) is 11.2 Å². The van der Waals surface area contributed by atoms with Crippen molar-refractivity contribution in [3.8, 4) is 0 Å². The number of hydrogen-bond acceptors (Lipinski definition) is 5. The molecule has 0 unspecified atom stereocenters. The van der Waals surface area contributed by atoms with Gasteiger partial charge in [-0.15, -0.1) is 0 Å². The molecule has 1 aromatic carbocycles. The molecule has 0 bridgehead atoms. The van der Waals surface area contributed by atoms with Gasteiger partial charge in [-0.25, -0.2) is 4.98 Å². The molecule has 2 heterocycles. The van der Waals surface area contributed by atoms with Gasteiger partial charge in [0.1, 0.15) is 5.82 Å². The Balaban J connectivity index is 1.78. The highest BCUT2D eigenvalue weighted by molar-refractivity contribution is 5.73. The van der Waals surface area contributed by atoms with Crippen LogP contribution in [0.5, 0.6) is 0 Å². The van der Waals surface area contributed by atoms with Crippen LogP contribution in [0, 0.1) is 6.92 Å². The van der Waals surface area contributed by atoms with Crippen molar-refractivity contribution < 1.29 is 4.79 Å². The van der Waals surface area contributed by atoms with E-state index in [4.69, 9.17) is 4.98 Å². The first-order chi connectivity index (χ1) is 12.1. The van der Waals surface area contributed by atoms with Crippen LogP contribution in [0.4, 0.5) is 17.5 Å². The molecular weight excluding hydrogens is 314 g/mol. The number of aromatic nitrogens is 2. The molecule has 2 aromatic rings. The SMILES string of the molecule is CCc1ccccc1Nc1nc(C)cc(N2CCN(C(C)=O)CC2)n1. The normalized spacial score (nSPS) is 14.5. The molecule has 0 atom stereocenters. The third kappa shape index (κ3) is 4.07. The third-order valence-corrected chi connectivity index (χ3v) is 4.53. The second-order valence-corrected chi connectivity index (χ2v) is 6.32. The summed E-state index contributed by atoms with van der Waals surface area (Å²) in [6, 6.07) is 10.2. The molecule has 6 heteroatoms. The Labute approximate surface area is 148 Å². The first-order valence-corrected chi connectivity index (χ1v) is 8.78. The number of carbonyl (C=O) groups excluding carboxylic acids is 1. The molecule has 1 saturated heterocycles. The quantitative estimate of drug-likeness (QED) is 0.928. The van der Waals surface area contributed by atoms with Crippen molar-refractivity contribution in [2.24, 2.45) is 0 Å². The lowest BCUT2D eigenvalue weighted by atomic mass is 10.1. The number of carbonyl (C=O) groups is 1. The summed E-state index contributed by atoms with van der Waals surface area (Å²) < 4.78 is 0. The summed E-state index contributed by atoms with van der Waals surface area (Å²) in [5.74, 6) is 1.66. The Kier molecular flexibility index (Phi) is 5.16. The van der Waals surface area contributed by atoms with Crippen molar-refractivity contribution in [2.75, 3.05) is 36.4 Å². The van der Waals surface area contributed by atoms with Gasteiger partial charge in [0, 0.05) is 50.6 Å². The third-order valence-electron chi connectivity index (χ3n) is 4.53. The van der Waals surface area contributed by atoms with Crippen molar-refractivity contribution >= 4 is 23.4 Å². The molecular formula is C19H25N5O. The summed E-state index contributed by atoms with van der Waals surface area (Å²) in [5.41, 5.74) is 3.21. The number of rotatable bonds is 4. The van der Waals surface area contributed by atoms with E-state index in [1.165, 1.54) is 5.56 Å². The molecule has 3 rings (SSSR count). The van der Waals surface area contributed by atoms with E-state index in [0.717, 1.165) is 49.8 Å². The highest BCUT2D eigenvalue weighted by Crippen LogP contribution is 2.22. The molecule has 0 radical (unpaired) electrons.